The molecule has 4 rings (SSSR count). The van der Waals surface area contributed by atoms with Crippen molar-refractivity contribution in [2.75, 3.05) is 18.8 Å². The fraction of sp³-hybridized carbons (Fsp3) is 0.543. The molecule has 1 fully saturated rings. The van der Waals surface area contributed by atoms with E-state index in [0.29, 0.717) is 11.8 Å². The van der Waals surface area contributed by atoms with Gasteiger partial charge in [0.15, 0.2) is 5.16 Å². The summed E-state index contributed by atoms with van der Waals surface area (Å²) in [4.78, 5) is 24.0. The van der Waals surface area contributed by atoms with Crippen LogP contribution in [0.1, 0.15) is 96.8 Å². The Labute approximate surface area is 246 Å². The molecule has 1 saturated carbocycles. The molecular weight excluding hydrogens is 510 g/mol. The first-order valence-corrected chi connectivity index (χ1v) is 16.8. The number of carbonyl (C=O) groups excluding carboxylic acids is 1. The Morgan fingerprint density at radius 1 is 0.825 bits per heavy atom. The minimum Gasteiger partial charge on any atom is -0.343 e. The number of aromatic amines is 1. The summed E-state index contributed by atoms with van der Waals surface area (Å²) in [5, 5.41) is 0.981. The molecule has 1 aliphatic rings. The summed E-state index contributed by atoms with van der Waals surface area (Å²) in [5.74, 6) is 2.06. The van der Waals surface area contributed by atoms with E-state index in [0.717, 1.165) is 78.6 Å². The average molecular weight is 560 g/mol. The van der Waals surface area contributed by atoms with Crippen molar-refractivity contribution in [1.82, 2.24) is 14.9 Å². The van der Waals surface area contributed by atoms with E-state index in [-0.39, 0.29) is 0 Å². The maximum atomic E-state index is 13.2. The number of thioether (sulfide) groups is 1. The zero-order valence-electron chi connectivity index (χ0n) is 24.6. The summed E-state index contributed by atoms with van der Waals surface area (Å²) in [6.45, 7) is 4.12. The van der Waals surface area contributed by atoms with Crippen LogP contribution in [0.15, 0.2) is 65.8 Å². The summed E-state index contributed by atoms with van der Waals surface area (Å²) in [5.41, 5.74) is 4.39. The van der Waals surface area contributed by atoms with Crippen LogP contribution < -0.4 is 0 Å². The highest BCUT2D eigenvalue weighted by atomic mass is 32.2. The lowest BCUT2D eigenvalue weighted by Crippen LogP contribution is -2.34. The van der Waals surface area contributed by atoms with E-state index in [1.807, 2.05) is 17.8 Å². The summed E-state index contributed by atoms with van der Waals surface area (Å²) in [6, 6.07) is 20.9. The maximum absolute atomic E-state index is 13.2. The number of rotatable bonds is 17. The molecule has 2 aromatic carbocycles. The SMILES string of the molecule is CCCCCCCN(CCCCCSc1nc(-c2ccccc2)c(-c2ccccc2)[nH]1)C(=O)CC1CCCCC1. The van der Waals surface area contributed by atoms with Crippen LogP contribution in [0.4, 0.5) is 0 Å². The molecule has 0 bridgehead atoms. The highest BCUT2D eigenvalue weighted by Crippen LogP contribution is 2.33. The number of nitrogens with one attached hydrogen (secondary N) is 1. The first kappa shape index (κ1) is 30.4. The second-order valence-electron chi connectivity index (χ2n) is 11.4. The van der Waals surface area contributed by atoms with Gasteiger partial charge in [0.05, 0.1) is 11.4 Å². The molecule has 0 atom stereocenters. The smallest absolute Gasteiger partial charge is 0.222 e. The number of carbonyl (C=O) groups is 1. The van der Waals surface area contributed by atoms with E-state index in [1.54, 1.807) is 0 Å². The van der Waals surface area contributed by atoms with Gasteiger partial charge in [-0.3, -0.25) is 4.79 Å². The third kappa shape index (κ3) is 9.83. The van der Waals surface area contributed by atoms with Crippen LogP contribution in [-0.2, 0) is 4.79 Å². The lowest BCUT2D eigenvalue weighted by Gasteiger charge is -2.27. The Hall–Kier alpha value is -2.53. The number of hydrogen-bond donors (Lipinski definition) is 1. The summed E-state index contributed by atoms with van der Waals surface area (Å²) < 4.78 is 0. The molecule has 1 amide bonds. The quantitative estimate of drug-likeness (QED) is 0.132. The normalized spacial score (nSPS) is 13.9. The number of aromatic nitrogens is 2. The van der Waals surface area contributed by atoms with E-state index in [4.69, 9.17) is 4.98 Å². The molecule has 0 radical (unpaired) electrons. The summed E-state index contributed by atoms with van der Waals surface area (Å²) >= 11 is 1.81. The van der Waals surface area contributed by atoms with Crippen LogP contribution in [0.2, 0.25) is 0 Å². The first-order chi connectivity index (χ1) is 19.7. The van der Waals surface area contributed by atoms with E-state index >= 15 is 0 Å². The highest BCUT2D eigenvalue weighted by Gasteiger charge is 2.21. The van der Waals surface area contributed by atoms with Gasteiger partial charge in [-0.15, -0.1) is 0 Å². The van der Waals surface area contributed by atoms with Gasteiger partial charge in [-0.25, -0.2) is 4.98 Å². The Bertz CT molecular complexity index is 1050. The minimum absolute atomic E-state index is 0.411. The fourth-order valence-electron chi connectivity index (χ4n) is 5.82. The second kappa shape index (κ2) is 17.3. The molecule has 1 N–H and O–H groups in total. The molecule has 0 unspecified atom stereocenters. The van der Waals surface area contributed by atoms with Gasteiger partial charge in [-0.1, -0.05) is 131 Å². The van der Waals surface area contributed by atoms with Gasteiger partial charge in [-0.2, -0.15) is 0 Å². The van der Waals surface area contributed by atoms with E-state index in [1.165, 1.54) is 57.8 Å². The average Bonchev–Trinajstić information content (AvgIpc) is 3.43. The molecule has 216 valence electrons. The third-order valence-corrected chi connectivity index (χ3v) is 9.13. The zero-order chi connectivity index (χ0) is 27.8. The van der Waals surface area contributed by atoms with Crippen LogP contribution in [-0.4, -0.2) is 39.6 Å². The van der Waals surface area contributed by atoms with Gasteiger partial charge in [0.2, 0.25) is 5.91 Å². The van der Waals surface area contributed by atoms with Crippen LogP contribution >= 0.6 is 11.8 Å². The molecule has 5 heteroatoms. The van der Waals surface area contributed by atoms with Crippen molar-refractivity contribution in [3.05, 3.63) is 60.7 Å². The van der Waals surface area contributed by atoms with E-state index < -0.39 is 0 Å². The zero-order valence-corrected chi connectivity index (χ0v) is 25.4. The van der Waals surface area contributed by atoms with Crippen LogP contribution in [0.25, 0.3) is 22.5 Å². The minimum atomic E-state index is 0.411. The predicted octanol–water partition coefficient (Wildman–Crippen LogP) is 9.78. The molecular formula is C35H49N3OS. The third-order valence-electron chi connectivity index (χ3n) is 8.18. The Morgan fingerprint density at radius 3 is 2.12 bits per heavy atom. The Morgan fingerprint density at radius 2 is 1.45 bits per heavy atom. The van der Waals surface area contributed by atoms with E-state index in [9.17, 15) is 4.79 Å². The molecule has 0 saturated heterocycles. The number of benzene rings is 2. The fourth-order valence-corrected chi connectivity index (χ4v) is 6.70. The maximum Gasteiger partial charge on any atom is 0.222 e. The molecule has 0 spiro atoms. The number of nitrogens with zero attached hydrogens (tertiary/aromatic N) is 2. The first-order valence-electron chi connectivity index (χ1n) is 15.9. The van der Waals surface area contributed by atoms with Crippen LogP contribution in [0.5, 0.6) is 0 Å². The van der Waals surface area contributed by atoms with Crippen LogP contribution in [0.3, 0.4) is 0 Å². The van der Waals surface area contributed by atoms with Gasteiger partial charge in [0, 0.05) is 36.4 Å². The number of amides is 1. The molecule has 1 heterocycles. The van der Waals surface area contributed by atoms with Crippen molar-refractivity contribution in [3.63, 3.8) is 0 Å². The molecule has 4 nitrogen and oxygen atoms in total. The van der Waals surface area contributed by atoms with Gasteiger partial charge in [0.1, 0.15) is 0 Å². The molecule has 0 aliphatic heterocycles. The molecule has 3 aromatic rings. The van der Waals surface area contributed by atoms with E-state index in [2.05, 4.69) is 71.4 Å². The van der Waals surface area contributed by atoms with Crippen molar-refractivity contribution in [1.29, 1.82) is 0 Å². The van der Waals surface area contributed by atoms with Gasteiger partial charge in [-0.05, 0) is 38.0 Å². The van der Waals surface area contributed by atoms with Gasteiger partial charge < -0.3 is 9.88 Å². The van der Waals surface area contributed by atoms with Gasteiger partial charge in [0.25, 0.3) is 0 Å². The van der Waals surface area contributed by atoms with Crippen molar-refractivity contribution < 1.29 is 4.79 Å². The van der Waals surface area contributed by atoms with Crippen molar-refractivity contribution in [3.8, 4) is 22.5 Å². The topological polar surface area (TPSA) is 49.0 Å². The molecule has 40 heavy (non-hydrogen) atoms. The Kier molecular flexibility index (Phi) is 13.2. The summed E-state index contributed by atoms with van der Waals surface area (Å²) in [7, 11) is 0. The number of H-pyrrole nitrogens is 1. The largest absolute Gasteiger partial charge is 0.343 e. The monoisotopic (exact) mass is 559 g/mol. The van der Waals surface area contributed by atoms with Crippen LogP contribution in [0, 0.1) is 5.92 Å². The van der Waals surface area contributed by atoms with Crippen molar-refractivity contribution in [2.24, 2.45) is 5.92 Å². The lowest BCUT2D eigenvalue weighted by molar-refractivity contribution is -0.132. The number of unbranched alkanes of at least 4 members (excludes halogenated alkanes) is 6. The van der Waals surface area contributed by atoms with Crippen molar-refractivity contribution >= 4 is 17.7 Å². The second-order valence-corrected chi connectivity index (χ2v) is 12.5. The lowest BCUT2D eigenvalue weighted by atomic mass is 9.86. The Balaban J connectivity index is 1.25. The highest BCUT2D eigenvalue weighted by molar-refractivity contribution is 7.99. The molecule has 1 aromatic heterocycles. The standard InChI is InChI=1S/C35H49N3OS/c1-2-3-4-5-16-25-38(32(39)28-29-19-10-6-11-20-29)26-17-9-18-27-40-35-36-33(30-21-12-7-13-22-30)34(37-35)31-23-14-8-15-24-31/h7-8,12-15,21-24,29H,2-6,9-11,16-20,25-28H2,1H3,(H,36,37). The predicted molar refractivity (Wildman–Crippen MR) is 171 cm³/mol. The number of imidazole rings is 1. The number of hydrogen-bond acceptors (Lipinski definition) is 3. The summed E-state index contributed by atoms with van der Waals surface area (Å²) in [6.07, 6.45) is 16.9. The van der Waals surface area contributed by atoms with Crippen molar-refractivity contribution in [2.45, 2.75) is 102 Å². The molecule has 1 aliphatic carbocycles. The van der Waals surface area contributed by atoms with Gasteiger partial charge >= 0.3 is 0 Å².